The Hall–Kier alpha value is -5.68. The zero-order valence-corrected chi connectivity index (χ0v) is 29.1. The quantitative estimate of drug-likeness (QED) is 0.173. The highest BCUT2D eigenvalue weighted by molar-refractivity contribution is 6.22. The van der Waals surface area contributed by atoms with Crippen molar-refractivity contribution in [1.82, 2.24) is 9.55 Å². The normalized spacial score (nSPS) is 13.4. The molecule has 0 spiro atoms. The third-order valence-corrected chi connectivity index (χ3v) is 10.3. The van der Waals surface area contributed by atoms with Gasteiger partial charge in [-0.2, -0.15) is 4.57 Å². The van der Waals surface area contributed by atoms with E-state index in [1.165, 1.54) is 27.9 Å². The third kappa shape index (κ3) is 4.39. The number of pyridine rings is 1. The molecule has 0 unspecified atom stereocenters. The van der Waals surface area contributed by atoms with E-state index < -0.39 is 6.85 Å². The topological polar surface area (TPSA) is 48.0 Å². The van der Waals surface area contributed by atoms with E-state index in [0.717, 1.165) is 55.1 Å². The molecule has 246 valence electrons. The Labute approximate surface area is 295 Å². The van der Waals surface area contributed by atoms with Gasteiger partial charge in [-0.25, -0.2) is 9.55 Å². The minimum absolute atomic E-state index is 0.00137. The maximum absolute atomic E-state index is 7.88. The second-order valence-electron chi connectivity index (χ2n) is 14.1. The van der Waals surface area contributed by atoms with Gasteiger partial charge in [-0.15, -0.1) is 0 Å². The fourth-order valence-corrected chi connectivity index (χ4v) is 7.85. The number of para-hydroxylation sites is 2. The number of rotatable bonds is 5. The first-order valence-corrected chi connectivity index (χ1v) is 17.3. The van der Waals surface area contributed by atoms with Crippen LogP contribution >= 0.6 is 0 Å². The van der Waals surface area contributed by atoms with Gasteiger partial charge in [-0.1, -0.05) is 82.3 Å². The van der Waals surface area contributed by atoms with Crippen LogP contribution in [0, 0.1) is 13.8 Å². The van der Waals surface area contributed by atoms with Crippen molar-refractivity contribution in [2.75, 3.05) is 0 Å². The molecule has 0 saturated carbocycles. The van der Waals surface area contributed by atoms with E-state index in [0.29, 0.717) is 11.2 Å². The molecule has 4 heterocycles. The molecule has 0 bridgehead atoms. The van der Waals surface area contributed by atoms with E-state index >= 15 is 0 Å². The smallest absolute Gasteiger partial charge is 0.299 e. The van der Waals surface area contributed by atoms with Crippen LogP contribution in [-0.4, -0.2) is 9.55 Å². The second kappa shape index (κ2) is 11.2. The molecule has 0 aliphatic carbocycles. The lowest BCUT2D eigenvalue weighted by Crippen LogP contribution is -2.30. The number of aryl methyl sites for hydroxylation is 3. The van der Waals surface area contributed by atoms with Crippen molar-refractivity contribution in [3.63, 3.8) is 0 Å². The molecule has 5 heteroatoms. The summed E-state index contributed by atoms with van der Waals surface area (Å²) >= 11 is 0. The van der Waals surface area contributed by atoms with E-state index in [9.17, 15) is 0 Å². The molecule has 0 fully saturated rings. The summed E-state index contributed by atoms with van der Waals surface area (Å²) in [6.07, 6.45) is 0. The van der Waals surface area contributed by atoms with Gasteiger partial charge in [0.1, 0.15) is 22.4 Å². The fraction of sp³-hybridized carbons (Fsp3) is 0.200. The number of imidazole rings is 1. The number of furan rings is 2. The van der Waals surface area contributed by atoms with Gasteiger partial charge in [0.05, 0.1) is 17.8 Å². The Morgan fingerprint density at radius 3 is 2.14 bits per heavy atom. The predicted octanol–water partition coefficient (Wildman–Crippen LogP) is 11.8. The SMILES string of the molecule is [2H]C([2H])([2H])c1ccc2c(n1)oc1ccc3c4ccc(C)c(-c5n(-c6c(C(C)C)cc(-c7ccccc7)cc6C(C)C)c6ccccc6[n+]5C)c4oc3c12. The van der Waals surface area contributed by atoms with Gasteiger partial charge in [0, 0.05) is 31.7 Å². The van der Waals surface area contributed by atoms with Crippen LogP contribution in [0.1, 0.15) is 66.0 Å². The van der Waals surface area contributed by atoms with E-state index in [-0.39, 0.29) is 23.2 Å². The first-order chi connectivity index (χ1) is 25.4. The minimum Gasteiger partial charge on any atom is -0.454 e. The lowest BCUT2D eigenvalue weighted by atomic mass is 9.88. The maximum atomic E-state index is 7.88. The minimum atomic E-state index is -2.34. The summed E-state index contributed by atoms with van der Waals surface area (Å²) in [7, 11) is 2.15. The zero-order valence-electron chi connectivity index (χ0n) is 32.1. The van der Waals surface area contributed by atoms with Gasteiger partial charge in [0.15, 0.2) is 16.6 Å². The monoisotopic (exact) mass is 657 g/mol. The average molecular weight is 658 g/mol. The summed E-state index contributed by atoms with van der Waals surface area (Å²) in [5, 5.41) is 3.46. The Balaban J connectivity index is 1.39. The Morgan fingerprint density at radius 2 is 1.40 bits per heavy atom. The Morgan fingerprint density at radius 1 is 0.720 bits per heavy atom. The summed E-state index contributed by atoms with van der Waals surface area (Å²) in [5.41, 5.74) is 12.9. The summed E-state index contributed by atoms with van der Waals surface area (Å²) in [4.78, 5) is 4.40. The van der Waals surface area contributed by atoms with E-state index in [4.69, 9.17) is 12.9 Å². The van der Waals surface area contributed by atoms with Crippen molar-refractivity contribution >= 4 is 55.0 Å². The van der Waals surface area contributed by atoms with Crippen molar-refractivity contribution in [2.24, 2.45) is 7.05 Å². The molecule has 9 rings (SSSR count). The molecular formula is C45H40N3O2+. The Bertz CT molecular complexity index is 2880. The molecule has 0 atom stereocenters. The molecule has 5 nitrogen and oxygen atoms in total. The van der Waals surface area contributed by atoms with Crippen LogP contribution in [0.25, 0.3) is 83.2 Å². The molecule has 9 aromatic rings. The molecule has 0 amide bonds. The van der Waals surface area contributed by atoms with Crippen LogP contribution in [0.2, 0.25) is 0 Å². The highest BCUT2D eigenvalue weighted by atomic mass is 16.4. The van der Waals surface area contributed by atoms with Crippen molar-refractivity contribution in [2.45, 2.75) is 53.3 Å². The molecule has 0 radical (unpaired) electrons. The highest BCUT2D eigenvalue weighted by Gasteiger charge is 2.34. The average Bonchev–Trinajstić information content (AvgIpc) is 3.80. The van der Waals surface area contributed by atoms with Crippen LogP contribution in [0.4, 0.5) is 0 Å². The molecule has 0 aliphatic rings. The lowest BCUT2D eigenvalue weighted by molar-refractivity contribution is -0.633. The third-order valence-electron chi connectivity index (χ3n) is 10.3. The predicted molar refractivity (Wildman–Crippen MR) is 205 cm³/mol. The molecule has 0 aliphatic heterocycles. The summed E-state index contributed by atoms with van der Waals surface area (Å²) in [6.45, 7) is 8.94. The van der Waals surface area contributed by atoms with Gasteiger partial charge < -0.3 is 8.83 Å². The number of hydrogen-bond acceptors (Lipinski definition) is 3. The number of aromatic nitrogens is 3. The summed E-state index contributed by atoms with van der Waals surface area (Å²) in [5.74, 6) is 1.52. The molecule has 5 aromatic carbocycles. The standard InChI is InChI=1S/C45H40N3O2/c1-25(2)34-23-30(29-13-9-8-10-14-29)24-35(26(3)4)41(34)48-37-16-12-11-15-36(37)47(7)45(48)39-27(5)17-19-31-32-21-22-38-40(43(32)50-42(31)39)33-20-18-28(6)46-44(33)49-38/h8-26H,1-7H3/q+1/i6D3. The molecule has 50 heavy (non-hydrogen) atoms. The van der Waals surface area contributed by atoms with Gasteiger partial charge in [-0.3, -0.25) is 0 Å². The second-order valence-corrected chi connectivity index (χ2v) is 14.1. The number of benzene rings is 5. The number of hydrogen-bond donors (Lipinski definition) is 0. The van der Waals surface area contributed by atoms with E-state index in [2.05, 4.69) is 135 Å². The molecule has 4 aromatic heterocycles. The van der Waals surface area contributed by atoms with E-state index in [1.54, 1.807) is 12.1 Å². The molecule has 0 N–H and O–H groups in total. The maximum Gasteiger partial charge on any atom is 0.299 e. The van der Waals surface area contributed by atoms with Crippen LogP contribution < -0.4 is 4.57 Å². The van der Waals surface area contributed by atoms with Crippen molar-refractivity contribution < 1.29 is 17.5 Å². The fourth-order valence-electron chi connectivity index (χ4n) is 7.85. The highest BCUT2D eigenvalue weighted by Crippen LogP contribution is 2.45. The van der Waals surface area contributed by atoms with Gasteiger partial charge in [0.25, 0.3) is 5.82 Å². The Kier molecular flexibility index (Phi) is 6.07. The van der Waals surface area contributed by atoms with Crippen LogP contribution in [0.3, 0.4) is 0 Å². The lowest BCUT2D eigenvalue weighted by Gasteiger charge is -2.21. The van der Waals surface area contributed by atoms with Gasteiger partial charge in [0.2, 0.25) is 5.71 Å². The van der Waals surface area contributed by atoms with Gasteiger partial charge >= 0.3 is 0 Å². The largest absolute Gasteiger partial charge is 0.454 e. The molecule has 0 saturated heterocycles. The van der Waals surface area contributed by atoms with Crippen LogP contribution in [0.5, 0.6) is 0 Å². The summed E-state index contributed by atoms with van der Waals surface area (Å²) in [6, 6.07) is 35.6. The van der Waals surface area contributed by atoms with Crippen molar-refractivity contribution in [1.29, 1.82) is 0 Å². The van der Waals surface area contributed by atoms with Crippen molar-refractivity contribution in [3.05, 3.63) is 126 Å². The number of fused-ring (bicyclic) bond motifs is 8. The van der Waals surface area contributed by atoms with Gasteiger partial charge in [-0.05, 0) is 90.8 Å². The first-order valence-electron chi connectivity index (χ1n) is 18.8. The zero-order chi connectivity index (χ0) is 36.9. The van der Waals surface area contributed by atoms with Crippen LogP contribution in [-0.2, 0) is 7.05 Å². The number of nitrogens with zero attached hydrogens (tertiary/aromatic N) is 3. The van der Waals surface area contributed by atoms with E-state index in [1.807, 2.05) is 12.1 Å². The van der Waals surface area contributed by atoms with Crippen molar-refractivity contribution in [3.8, 4) is 28.2 Å². The summed E-state index contributed by atoms with van der Waals surface area (Å²) < 4.78 is 41.6. The first kappa shape index (κ1) is 27.2. The molecular weight excluding hydrogens is 615 g/mol. The van der Waals surface area contributed by atoms with Crippen LogP contribution in [0.15, 0.2) is 112 Å².